The summed E-state index contributed by atoms with van der Waals surface area (Å²) in [6.45, 7) is 0. The van der Waals surface area contributed by atoms with E-state index in [1.165, 1.54) is 11.1 Å². The second-order valence-corrected chi connectivity index (χ2v) is 8.29. The van der Waals surface area contributed by atoms with Crippen LogP contribution in [0.3, 0.4) is 0 Å². The molecule has 2 aliphatic rings. The maximum Gasteiger partial charge on any atom is 0.303 e. The summed E-state index contributed by atoms with van der Waals surface area (Å²) in [5.74, 6) is 0.0926. The monoisotopic (exact) mass is 384 g/mol. The van der Waals surface area contributed by atoms with Crippen LogP contribution >= 0.6 is 0 Å². The molecule has 2 aliphatic carbocycles. The molecule has 0 amide bonds. The van der Waals surface area contributed by atoms with Crippen LogP contribution in [0.15, 0.2) is 53.8 Å². The molecule has 1 fully saturated rings. The van der Waals surface area contributed by atoms with Crippen LogP contribution in [0, 0.1) is 17.8 Å². The standard InChI is InChI=1S/C24H32O4/c25-21(12-6-4-10-17-8-2-1-3-9-17)24-20-15-18(11-5-7-13-23(27)28)14-19(20)16-22(24)26/h1-3,8-9,12,14,19-20,22,24-26H,4-7,10-11,13,15-16H2,(H,27,28)/t19-,20-,22+,24-/m1/s1. The minimum atomic E-state index is -0.734. The van der Waals surface area contributed by atoms with Gasteiger partial charge in [-0.3, -0.25) is 4.79 Å². The number of rotatable bonds is 10. The van der Waals surface area contributed by atoms with Gasteiger partial charge in [-0.2, -0.15) is 0 Å². The van der Waals surface area contributed by atoms with Gasteiger partial charge in [-0.25, -0.2) is 0 Å². The van der Waals surface area contributed by atoms with Crippen LogP contribution < -0.4 is 0 Å². The summed E-state index contributed by atoms with van der Waals surface area (Å²) in [5.41, 5.74) is 2.68. The van der Waals surface area contributed by atoms with Gasteiger partial charge < -0.3 is 15.3 Å². The smallest absolute Gasteiger partial charge is 0.303 e. The number of carboxylic acids is 1. The van der Waals surface area contributed by atoms with Gasteiger partial charge in [-0.15, -0.1) is 0 Å². The first kappa shape index (κ1) is 20.7. The summed E-state index contributed by atoms with van der Waals surface area (Å²) < 4.78 is 0. The van der Waals surface area contributed by atoms with Crippen molar-refractivity contribution in [1.82, 2.24) is 0 Å². The minimum Gasteiger partial charge on any atom is -0.512 e. The zero-order chi connectivity index (χ0) is 19.9. The number of hydrogen-bond donors (Lipinski definition) is 3. The lowest BCUT2D eigenvalue weighted by Gasteiger charge is -2.21. The molecular formula is C24H32O4. The van der Waals surface area contributed by atoms with Crippen LogP contribution in [0.1, 0.15) is 56.9 Å². The molecule has 3 rings (SSSR count). The maximum atomic E-state index is 10.6. The van der Waals surface area contributed by atoms with Crippen molar-refractivity contribution in [2.24, 2.45) is 17.8 Å². The highest BCUT2D eigenvalue weighted by Crippen LogP contribution is 2.49. The molecule has 0 unspecified atom stereocenters. The number of benzene rings is 1. The first-order valence-electron chi connectivity index (χ1n) is 10.6. The number of aliphatic hydroxyl groups excluding tert-OH is 2. The van der Waals surface area contributed by atoms with Crippen molar-refractivity contribution in [1.29, 1.82) is 0 Å². The Labute approximate surface area is 167 Å². The Morgan fingerprint density at radius 2 is 1.86 bits per heavy atom. The summed E-state index contributed by atoms with van der Waals surface area (Å²) in [6, 6.07) is 10.4. The molecule has 0 spiro atoms. The van der Waals surface area contributed by atoms with Crippen molar-refractivity contribution < 1.29 is 20.1 Å². The topological polar surface area (TPSA) is 77.8 Å². The van der Waals surface area contributed by atoms with E-state index in [1.807, 2.05) is 24.3 Å². The fourth-order valence-corrected chi connectivity index (χ4v) is 4.86. The predicted octanol–water partition coefficient (Wildman–Crippen LogP) is 5.04. The molecule has 0 aromatic heterocycles. The quantitative estimate of drug-likeness (QED) is 0.300. The third-order valence-corrected chi connectivity index (χ3v) is 6.23. The first-order valence-corrected chi connectivity index (χ1v) is 10.6. The fraction of sp³-hybridized carbons (Fsp3) is 0.542. The van der Waals surface area contributed by atoms with Gasteiger partial charge in [0.2, 0.25) is 0 Å². The Kier molecular flexibility index (Phi) is 7.32. The lowest BCUT2D eigenvalue weighted by Crippen LogP contribution is -2.21. The second-order valence-electron chi connectivity index (χ2n) is 8.29. The van der Waals surface area contributed by atoms with Crippen molar-refractivity contribution in [3.05, 3.63) is 59.4 Å². The van der Waals surface area contributed by atoms with Crippen LogP contribution in [0.25, 0.3) is 0 Å². The van der Waals surface area contributed by atoms with Gasteiger partial charge in [0, 0.05) is 12.3 Å². The molecule has 0 saturated heterocycles. The van der Waals surface area contributed by atoms with E-state index >= 15 is 0 Å². The number of carboxylic acid groups (broad SMARTS) is 1. The van der Waals surface area contributed by atoms with Crippen molar-refractivity contribution >= 4 is 5.97 Å². The Hall–Kier alpha value is -2.07. The lowest BCUT2D eigenvalue weighted by atomic mass is 9.87. The van der Waals surface area contributed by atoms with Crippen LogP contribution in [-0.2, 0) is 11.2 Å². The minimum absolute atomic E-state index is 0.158. The average molecular weight is 385 g/mol. The van der Waals surface area contributed by atoms with Gasteiger partial charge in [0.25, 0.3) is 0 Å². The van der Waals surface area contributed by atoms with E-state index in [0.29, 0.717) is 18.1 Å². The number of aryl methyl sites for hydroxylation is 1. The van der Waals surface area contributed by atoms with Gasteiger partial charge in [0.15, 0.2) is 0 Å². The van der Waals surface area contributed by atoms with Crippen molar-refractivity contribution in [3.8, 4) is 0 Å². The normalized spacial score (nSPS) is 26.9. The molecule has 28 heavy (non-hydrogen) atoms. The number of fused-ring (bicyclic) bond motifs is 1. The highest BCUT2D eigenvalue weighted by atomic mass is 16.4. The molecule has 1 saturated carbocycles. The van der Waals surface area contributed by atoms with Crippen molar-refractivity contribution in [2.75, 3.05) is 0 Å². The molecule has 4 nitrogen and oxygen atoms in total. The molecule has 0 bridgehead atoms. The Morgan fingerprint density at radius 1 is 1.07 bits per heavy atom. The fourth-order valence-electron chi connectivity index (χ4n) is 4.86. The van der Waals surface area contributed by atoms with Crippen LogP contribution in [0.2, 0.25) is 0 Å². The molecule has 3 N–H and O–H groups in total. The molecule has 4 heteroatoms. The molecule has 152 valence electrons. The van der Waals surface area contributed by atoms with Crippen molar-refractivity contribution in [3.63, 3.8) is 0 Å². The molecular weight excluding hydrogens is 352 g/mol. The zero-order valence-electron chi connectivity index (χ0n) is 16.5. The molecule has 1 aromatic rings. The van der Waals surface area contributed by atoms with E-state index in [4.69, 9.17) is 5.11 Å². The second kappa shape index (κ2) is 9.92. The third kappa shape index (κ3) is 5.48. The van der Waals surface area contributed by atoms with Crippen molar-refractivity contribution in [2.45, 2.75) is 63.9 Å². The van der Waals surface area contributed by atoms with Gasteiger partial charge >= 0.3 is 5.97 Å². The van der Waals surface area contributed by atoms with E-state index in [-0.39, 0.29) is 18.3 Å². The Bertz CT molecular complexity index is 707. The number of aliphatic hydroxyl groups is 2. The summed E-state index contributed by atoms with van der Waals surface area (Å²) in [5, 5.41) is 29.8. The summed E-state index contributed by atoms with van der Waals surface area (Å²) in [4.78, 5) is 10.6. The number of allylic oxidation sites excluding steroid dienone is 3. The van der Waals surface area contributed by atoms with Crippen LogP contribution in [0.4, 0.5) is 0 Å². The molecule has 0 aliphatic heterocycles. The SMILES string of the molecule is O=C(O)CCCCC1=C[C@@H]2C[C@H](O)[C@@H](C(O)=CCCCc3ccccc3)[C@@H]2C1. The Morgan fingerprint density at radius 3 is 2.61 bits per heavy atom. The van der Waals surface area contributed by atoms with E-state index in [9.17, 15) is 15.0 Å². The largest absolute Gasteiger partial charge is 0.512 e. The zero-order valence-corrected chi connectivity index (χ0v) is 16.5. The van der Waals surface area contributed by atoms with Gasteiger partial charge in [-0.1, -0.05) is 42.0 Å². The first-order chi connectivity index (χ1) is 13.5. The number of hydrogen-bond acceptors (Lipinski definition) is 3. The van der Waals surface area contributed by atoms with Gasteiger partial charge in [0.05, 0.1) is 11.9 Å². The molecule has 4 atom stereocenters. The van der Waals surface area contributed by atoms with Crippen LogP contribution in [-0.4, -0.2) is 27.4 Å². The summed E-state index contributed by atoms with van der Waals surface area (Å²) in [6.07, 6.45) is 10.9. The predicted molar refractivity (Wildman–Crippen MR) is 110 cm³/mol. The van der Waals surface area contributed by atoms with Gasteiger partial charge in [-0.05, 0) is 74.8 Å². The Balaban J connectivity index is 1.47. The summed E-state index contributed by atoms with van der Waals surface area (Å²) >= 11 is 0. The number of aliphatic carboxylic acids is 1. The lowest BCUT2D eigenvalue weighted by molar-refractivity contribution is -0.137. The highest BCUT2D eigenvalue weighted by Gasteiger charge is 2.46. The van der Waals surface area contributed by atoms with E-state index in [1.54, 1.807) is 0 Å². The summed E-state index contributed by atoms with van der Waals surface area (Å²) in [7, 11) is 0. The van der Waals surface area contributed by atoms with Crippen LogP contribution in [0.5, 0.6) is 0 Å². The highest BCUT2D eigenvalue weighted by molar-refractivity contribution is 5.66. The van der Waals surface area contributed by atoms with Gasteiger partial charge in [0.1, 0.15) is 0 Å². The number of carbonyl (C=O) groups is 1. The third-order valence-electron chi connectivity index (χ3n) is 6.23. The number of unbranched alkanes of at least 4 members (excludes halogenated alkanes) is 2. The molecule has 0 heterocycles. The average Bonchev–Trinajstić information content (AvgIpc) is 3.18. The maximum absolute atomic E-state index is 10.6. The van der Waals surface area contributed by atoms with E-state index < -0.39 is 12.1 Å². The van der Waals surface area contributed by atoms with E-state index in [2.05, 4.69) is 18.2 Å². The molecule has 1 aromatic carbocycles. The van der Waals surface area contributed by atoms with E-state index in [0.717, 1.165) is 44.9 Å². The molecule has 0 radical (unpaired) electrons.